The molecule has 22 heavy (non-hydrogen) atoms. The molecule has 4 heteroatoms. The fourth-order valence-corrected chi connectivity index (χ4v) is 2.84. The summed E-state index contributed by atoms with van der Waals surface area (Å²) in [5, 5.41) is 2.37. The molecular weight excluding hydrogens is 274 g/mol. The van der Waals surface area contributed by atoms with Crippen LogP contribution in [0.1, 0.15) is 17.2 Å². The Kier molecular flexibility index (Phi) is 2.84. The van der Waals surface area contributed by atoms with Crippen molar-refractivity contribution in [3.8, 4) is 0 Å². The summed E-state index contributed by atoms with van der Waals surface area (Å²) in [6, 6.07) is 20.0. The average molecular weight is 289 g/mol. The topological polar surface area (TPSA) is 74.7 Å². The largest absolute Gasteiger partial charge is 0.323 e. The molecule has 0 spiro atoms. The van der Waals surface area contributed by atoms with Crippen LogP contribution < -0.4 is 11.4 Å². The highest BCUT2D eigenvalue weighted by molar-refractivity contribution is 5.83. The fraction of sp³-hybridized carbons (Fsp3) is 0.0556. The highest BCUT2D eigenvalue weighted by atomic mass is 16.1. The number of benzene rings is 3. The monoisotopic (exact) mass is 289 g/mol. The number of nitrogens with two attached hydrogens (primary N) is 1. The minimum atomic E-state index is -0.229. The van der Waals surface area contributed by atoms with Crippen molar-refractivity contribution in [2.24, 2.45) is 5.73 Å². The minimum absolute atomic E-state index is 0.202. The van der Waals surface area contributed by atoms with Gasteiger partial charge in [-0.25, -0.2) is 4.79 Å². The van der Waals surface area contributed by atoms with Crippen molar-refractivity contribution < 1.29 is 0 Å². The molecule has 0 fully saturated rings. The first-order valence-corrected chi connectivity index (χ1v) is 7.17. The van der Waals surface area contributed by atoms with Crippen molar-refractivity contribution in [1.82, 2.24) is 9.97 Å². The lowest BCUT2D eigenvalue weighted by atomic mass is 9.97. The van der Waals surface area contributed by atoms with Gasteiger partial charge in [0.05, 0.1) is 17.1 Å². The molecule has 0 amide bonds. The number of hydrogen-bond acceptors (Lipinski definition) is 2. The van der Waals surface area contributed by atoms with E-state index in [1.54, 1.807) is 0 Å². The van der Waals surface area contributed by atoms with Crippen LogP contribution in [-0.2, 0) is 0 Å². The Hall–Kier alpha value is -2.85. The first-order valence-electron chi connectivity index (χ1n) is 7.17. The van der Waals surface area contributed by atoms with E-state index in [1.807, 2.05) is 30.3 Å². The van der Waals surface area contributed by atoms with Gasteiger partial charge in [-0.15, -0.1) is 0 Å². The molecule has 4 nitrogen and oxygen atoms in total. The molecule has 0 aliphatic carbocycles. The summed E-state index contributed by atoms with van der Waals surface area (Å²) < 4.78 is 0. The number of fused-ring (bicyclic) bond motifs is 2. The standard InChI is InChI=1S/C18H15N3O/c19-17(13-6-5-11-3-1-2-4-12(11)9-13)14-7-8-15-16(10-14)21-18(22)20-15/h1-10,17H,19H2,(H2,20,21,22). The van der Waals surface area contributed by atoms with Crippen LogP contribution in [0.15, 0.2) is 65.5 Å². The van der Waals surface area contributed by atoms with Crippen molar-refractivity contribution >= 4 is 21.8 Å². The minimum Gasteiger partial charge on any atom is -0.320 e. The third-order valence-electron chi connectivity index (χ3n) is 4.03. The molecule has 1 atom stereocenters. The first-order chi connectivity index (χ1) is 10.7. The number of nitrogens with one attached hydrogen (secondary N) is 2. The molecule has 0 aliphatic rings. The molecule has 4 aromatic rings. The van der Waals surface area contributed by atoms with E-state index >= 15 is 0 Å². The summed E-state index contributed by atoms with van der Waals surface area (Å²) in [5.41, 5.74) is 9.79. The van der Waals surface area contributed by atoms with Gasteiger partial charge in [0.25, 0.3) is 0 Å². The van der Waals surface area contributed by atoms with E-state index in [0.717, 1.165) is 22.2 Å². The molecule has 0 saturated heterocycles. The van der Waals surface area contributed by atoms with Crippen LogP contribution in [0.4, 0.5) is 0 Å². The number of hydrogen-bond donors (Lipinski definition) is 3. The molecule has 3 aromatic carbocycles. The summed E-state index contributed by atoms with van der Waals surface area (Å²) in [6.45, 7) is 0. The van der Waals surface area contributed by atoms with Crippen molar-refractivity contribution in [3.63, 3.8) is 0 Å². The van der Waals surface area contributed by atoms with Crippen molar-refractivity contribution in [1.29, 1.82) is 0 Å². The highest BCUT2D eigenvalue weighted by Gasteiger charge is 2.11. The van der Waals surface area contributed by atoms with E-state index in [1.165, 1.54) is 10.8 Å². The molecule has 0 bridgehead atoms. The summed E-state index contributed by atoms with van der Waals surface area (Å²) in [4.78, 5) is 16.8. The number of aromatic nitrogens is 2. The van der Waals surface area contributed by atoms with Gasteiger partial charge in [0, 0.05) is 0 Å². The zero-order valence-electron chi connectivity index (χ0n) is 11.8. The summed E-state index contributed by atoms with van der Waals surface area (Å²) in [7, 11) is 0. The second-order valence-electron chi connectivity index (χ2n) is 5.47. The van der Waals surface area contributed by atoms with Gasteiger partial charge >= 0.3 is 5.69 Å². The van der Waals surface area contributed by atoms with Crippen LogP contribution in [0, 0.1) is 0 Å². The van der Waals surface area contributed by atoms with Crippen molar-refractivity contribution in [3.05, 3.63) is 82.3 Å². The van der Waals surface area contributed by atoms with Crippen LogP contribution in [0.3, 0.4) is 0 Å². The SMILES string of the molecule is NC(c1ccc2ccccc2c1)c1ccc2[nH]c(=O)[nH]c2c1. The van der Waals surface area contributed by atoms with Crippen LogP contribution in [0.5, 0.6) is 0 Å². The van der Waals surface area contributed by atoms with Crippen LogP contribution in [0.25, 0.3) is 21.8 Å². The van der Waals surface area contributed by atoms with E-state index in [9.17, 15) is 4.79 Å². The second-order valence-corrected chi connectivity index (χ2v) is 5.47. The normalized spacial score (nSPS) is 12.8. The maximum Gasteiger partial charge on any atom is 0.323 e. The summed E-state index contributed by atoms with van der Waals surface area (Å²) in [5.74, 6) is 0. The second kappa shape index (κ2) is 4.86. The predicted molar refractivity (Wildman–Crippen MR) is 88.9 cm³/mol. The Morgan fingerprint density at radius 2 is 1.45 bits per heavy atom. The van der Waals surface area contributed by atoms with Crippen molar-refractivity contribution in [2.75, 3.05) is 0 Å². The molecule has 0 aliphatic heterocycles. The lowest BCUT2D eigenvalue weighted by Gasteiger charge is -2.13. The van der Waals surface area contributed by atoms with Gasteiger partial charge in [-0.2, -0.15) is 0 Å². The fourth-order valence-electron chi connectivity index (χ4n) is 2.84. The van der Waals surface area contributed by atoms with Crippen LogP contribution >= 0.6 is 0 Å². The molecule has 1 heterocycles. The van der Waals surface area contributed by atoms with Gasteiger partial charge in [0.2, 0.25) is 0 Å². The average Bonchev–Trinajstić information content (AvgIpc) is 2.92. The molecule has 1 unspecified atom stereocenters. The lowest BCUT2D eigenvalue weighted by Crippen LogP contribution is -2.11. The molecule has 0 radical (unpaired) electrons. The van der Waals surface area contributed by atoms with Gasteiger partial charge < -0.3 is 15.7 Å². The van der Waals surface area contributed by atoms with Gasteiger partial charge in [-0.3, -0.25) is 0 Å². The Morgan fingerprint density at radius 1 is 0.773 bits per heavy atom. The Labute approximate surface area is 126 Å². The number of aromatic amines is 2. The van der Waals surface area contributed by atoms with E-state index < -0.39 is 0 Å². The Morgan fingerprint density at radius 3 is 2.32 bits per heavy atom. The summed E-state index contributed by atoms with van der Waals surface area (Å²) >= 11 is 0. The van der Waals surface area contributed by atoms with Crippen LogP contribution in [0.2, 0.25) is 0 Å². The number of imidazole rings is 1. The smallest absolute Gasteiger partial charge is 0.320 e. The van der Waals surface area contributed by atoms with Gasteiger partial charge in [-0.1, -0.05) is 42.5 Å². The molecule has 0 saturated carbocycles. The molecular formula is C18H15N3O. The zero-order chi connectivity index (χ0) is 15.1. The van der Waals surface area contributed by atoms with E-state index in [-0.39, 0.29) is 11.7 Å². The van der Waals surface area contributed by atoms with E-state index in [2.05, 4.69) is 40.3 Å². The van der Waals surface area contributed by atoms with Gasteiger partial charge in [-0.05, 0) is 40.1 Å². The molecule has 4 N–H and O–H groups in total. The van der Waals surface area contributed by atoms with Gasteiger partial charge in [0.1, 0.15) is 0 Å². The lowest BCUT2D eigenvalue weighted by molar-refractivity contribution is 0.875. The number of rotatable bonds is 2. The van der Waals surface area contributed by atoms with Gasteiger partial charge in [0.15, 0.2) is 0 Å². The predicted octanol–water partition coefficient (Wildman–Crippen LogP) is 3.06. The first kappa shape index (κ1) is 12.9. The van der Waals surface area contributed by atoms with Crippen LogP contribution in [-0.4, -0.2) is 9.97 Å². The highest BCUT2D eigenvalue weighted by Crippen LogP contribution is 2.25. The summed E-state index contributed by atoms with van der Waals surface area (Å²) in [6.07, 6.45) is 0. The van der Waals surface area contributed by atoms with Crippen molar-refractivity contribution in [2.45, 2.75) is 6.04 Å². The van der Waals surface area contributed by atoms with E-state index in [0.29, 0.717) is 0 Å². The molecule has 108 valence electrons. The third kappa shape index (κ3) is 2.10. The molecule has 1 aromatic heterocycles. The third-order valence-corrected chi connectivity index (χ3v) is 4.03. The number of H-pyrrole nitrogens is 2. The Balaban J connectivity index is 1.79. The van der Waals surface area contributed by atoms with E-state index in [4.69, 9.17) is 5.73 Å². The maximum atomic E-state index is 11.3. The molecule has 4 rings (SSSR count). The maximum absolute atomic E-state index is 11.3. The zero-order valence-corrected chi connectivity index (χ0v) is 11.8. The Bertz CT molecular complexity index is 1030. The quantitative estimate of drug-likeness (QED) is 0.530.